The Morgan fingerprint density at radius 3 is 2.81 bits per heavy atom. The van der Waals surface area contributed by atoms with Crippen molar-refractivity contribution in [1.29, 1.82) is 0 Å². The quantitative estimate of drug-likeness (QED) is 0.851. The molecule has 2 aliphatic rings. The largest absolute Gasteiger partial charge is 0.495 e. The number of anilines is 1. The van der Waals surface area contributed by atoms with E-state index in [0.717, 1.165) is 23.9 Å². The van der Waals surface area contributed by atoms with E-state index in [9.17, 15) is 0 Å². The fourth-order valence-electron chi connectivity index (χ4n) is 3.24. The summed E-state index contributed by atoms with van der Waals surface area (Å²) in [6, 6.07) is 5.68. The van der Waals surface area contributed by atoms with Crippen LogP contribution in [-0.4, -0.2) is 27.3 Å². The van der Waals surface area contributed by atoms with E-state index < -0.39 is 0 Å². The van der Waals surface area contributed by atoms with Crippen LogP contribution in [0.3, 0.4) is 0 Å². The topological polar surface area (TPSA) is 78.9 Å². The molecule has 0 atom stereocenters. The number of rotatable bonds is 5. The Labute approximate surface area is 123 Å². The Morgan fingerprint density at radius 1 is 1.38 bits per heavy atom. The summed E-state index contributed by atoms with van der Waals surface area (Å²) in [6.07, 6.45) is 5.35. The van der Waals surface area contributed by atoms with E-state index in [1.165, 1.54) is 25.7 Å². The maximum atomic E-state index is 5.98. The molecule has 0 aliphatic heterocycles. The van der Waals surface area contributed by atoms with Crippen molar-refractivity contribution in [3.05, 3.63) is 18.2 Å². The number of ether oxygens (including phenoxy) is 1. The lowest BCUT2D eigenvalue weighted by atomic mass is 10.0. The van der Waals surface area contributed by atoms with E-state index in [2.05, 4.69) is 15.5 Å². The second kappa shape index (κ2) is 4.44. The molecule has 1 heterocycles. The zero-order chi connectivity index (χ0) is 14.4. The maximum absolute atomic E-state index is 5.98. The maximum Gasteiger partial charge on any atom is 0.182 e. The highest BCUT2D eigenvalue weighted by Crippen LogP contribution is 2.62. The molecule has 1 aromatic heterocycles. The van der Waals surface area contributed by atoms with Crippen molar-refractivity contribution in [3.63, 3.8) is 0 Å². The molecule has 0 saturated heterocycles. The van der Waals surface area contributed by atoms with E-state index in [4.69, 9.17) is 10.5 Å². The van der Waals surface area contributed by atoms with Gasteiger partial charge in [0.1, 0.15) is 5.75 Å². The van der Waals surface area contributed by atoms with Crippen LogP contribution in [0.4, 0.5) is 5.69 Å². The molecule has 110 valence electrons. The smallest absolute Gasteiger partial charge is 0.182 e. The van der Waals surface area contributed by atoms with Crippen LogP contribution in [0.2, 0.25) is 0 Å². The first-order valence-electron chi connectivity index (χ1n) is 7.42. The lowest BCUT2D eigenvalue weighted by Crippen LogP contribution is -2.16. The third-order valence-corrected chi connectivity index (χ3v) is 4.82. The predicted octanol–water partition coefficient (Wildman–Crippen LogP) is 2.12. The summed E-state index contributed by atoms with van der Waals surface area (Å²) in [6.45, 7) is 0.923. The zero-order valence-electron chi connectivity index (χ0n) is 12.1. The van der Waals surface area contributed by atoms with Gasteiger partial charge in [0.2, 0.25) is 0 Å². The summed E-state index contributed by atoms with van der Waals surface area (Å²) in [4.78, 5) is 0. The summed E-state index contributed by atoms with van der Waals surface area (Å²) in [5.41, 5.74) is 7.98. The monoisotopic (exact) mass is 285 g/mol. The number of aromatic nitrogens is 4. The van der Waals surface area contributed by atoms with Crippen LogP contribution in [0.5, 0.6) is 5.75 Å². The minimum absolute atomic E-state index is 0.460. The molecule has 2 saturated carbocycles. The van der Waals surface area contributed by atoms with Gasteiger partial charge in [-0.25, -0.2) is 4.68 Å². The summed E-state index contributed by atoms with van der Waals surface area (Å²) in [5, 5.41) is 12.2. The molecule has 6 heteroatoms. The van der Waals surface area contributed by atoms with Crippen molar-refractivity contribution in [2.45, 2.75) is 32.2 Å². The van der Waals surface area contributed by atoms with Gasteiger partial charge in [-0.3, -0.25) is 0 Å². The SMILES string of the molecule is COc1ccc(-c2nnnn2CC2(C3CC3)CC2)cc1N. The highest BCUT2D eigenvalue weighted by Gasteiger charge is 2.54. The summed E-state index contributed by atoms with van der Waals surface area (Å²) >= 11 is 0. The number of nitrogens with two attached hydrogens (primary N) is 1. The van der Waals surface area contributed by atoms with Crippen molar-refractivity contribution in [1.82, 2.24) is 20.2 Å². The van der Waals surface area contributed by atoms with Crippen molar-refractivity contribution in [2.75, 3.05) is 12.8 Å². The first-order valence-corrected chi connectivity index (χ1v) is 7.42. The minimum atomic E-state index is 0.460. The number of tetrazole rings is 1. The first kappa shape index (κ1) is 12.6. The molecule has 2 fully saturated rings. The molecule has 0 radical (unpaired) electrons. The zero-order valence-corrected chi connectivity index (χ0v) is 12.1. The van der Waals surface area contributed by atoms with Crippen LogP contribution < -0.4 is 10.5 Å². The standard InChI is InChI=1S/C15H19N5O/c1-21-13-5-2-10(8-12(13)16)14-17-18-19-20(14)9-15(6-7-15)11-3-4-11/h2,5,8,11H,3-4,6-7,9,16H2,1H3. The number of benzene rings is 1. The van der Waals surface area contributed by atoms with Crippen LogP contribution in [0.1, 0.15) is 25.7 Å². The Kier molecular flexibility index (Phi) is 2.67. The molecule has 6 nitrogen and oxygen atoms in total. The minimum Gasteiger partial charge on any atom is -0.495 e. The van der Waals surface area contributed by atoms with E-state index >= 15 is 0 Å². The van der Waals surface area contributed by atoms with Gasteiger partial charge in [0.05, 0.1) is 19.3 Å². The van der Waals surface area contributed by atoms with Gasteiger partial charge in [0.25, 0.3) is 0 Å². The Morgan fingerprint density at radius 2 is 2.19 bits per heavy atom. The van der Waals surface area contributed by atoms with Crippen LogP contribution in [0.25, 0.3) is 11.4 Å². The Balaban J connectivity index is 1.64. The molecule has 2 aliphatic carbocycles. The molecule has 0 amide bonds. The molecule has 2 aromatic rings. The number of nitrogen functional groups attached to an aromatic ring is 1. The summed E-state index contributed by atoms with van der Waals surface area (Å²) in [7, 11) is 1.61. The molecule has 4 rings (SSSR count). The third-order valence-electron chi connectivity index (χ3n) is 4.82. The normalized spacial score (nSPS) is 19.5. The molecule has 0 bridgehead atoms. The highest BCUT2D eigenvalue weighted by molar-refractivity contribution is 5.66. The molecule has 0 spiro atoms. The van der Waals surface area contributed by atoms with Gasteiger partial charge in [0, 0.05) is 5.56 Å². The van der Waals surface area contributed by atoms with Crippen molar-refractivity contribution >= 4 is 5.69 Å². The number of hydrogen-bond donors (Lipinski definition) is 1. The summed E-state index contributed by atoms with van der Waals surface area (Å²) < 4.78 is 7.13. The molecule has 21 heavy (non-hydrogen) atoms. The van der Waals surface area contributed by atoms with E-state index in [1.807, 2.05) is 22.9 Å². The molecule has 0 unspecified atom stereocenters. The Hall–Kier alpha value is -2.11. The van der Waals surface area contributed by atoms with Gasteiger partial charge in [-0.2, -0.15) is 0 Å². The average molecular weight is 285 g/mol. The number of hydrogen-bond acceptors (Lipinski definition) is 5. The number of nitrogens with zero attached hydrogens (tertiary/aromatic N) is 4. The van der Waals surface area contributed by atoms with E-state index in [-0.39, 0.29) is 0 Å². The number of methoxy groups -OCH3 is 1. The van der Waals surface area contributed by atoms with Gasteiger partial charge in [-0.1, -0.05) is 0 Å². The highest BCUT2D eigenvalue weighted by atomic mass is 16.5. The second-order valence-electron chi connectivity index (χ2n) is 6.25. The van der Waals surface area contributed by atoms with Gasteiger partial charge in [-0.15, -0.1) is 5.10 Å². The van der Waals surface area contributed by atoms with Crippen LogP contribution in [0.15, 0.2) is 18.2 Å². The van der Waals surface area contributed by atoms with Crippen molar-refractivity contribution < 1.29 is 4.74 Å². The van der Waals surface area contributed by atoms with Gasteiger partial charge in [0.15, 0.2) is 5.82 Å². The van der Waals surface area contributed by atoms with Crippen LogP contribution in [0, 0.1) is 11.3 Å². The lowest BCUT2D eigenvalue weighted by Gasteiger charge is -2.15. The van der Waals surface area contributed by atoms with Gasteiger partial charge >= 0.3 is 0 Å². The van der Waals surface area contributed by atoms with Crippen molar-refractivity contribution in [3.8, 4) is 17.1 Å². The fourth-order valence-corrected chi connectivity index (χ4v) is 3.24. The first-order chi connectivity index (χ1) is 10.2. The fraction of sp³-hybridized carbons (Fsp3) is 0.533. The van der Waals surface area contributed by atoms with E-state index in [0.29, 0.717) is 16.9 Å². The average Bonchev–Trinajstić information content (AvgIpc) is 3.37. The molecular formula is C15H19N5O. The second-order valence-corrected chi connectivity index (χ2v) is 6.25. The third kappa shape index (κ3) is 2.14. The Bertz CT molecular complexity index is 672. The molecular weight excluding hydrogens is 266 g/mol. The van der Waals surface area contributed by atoms with E-state index in [1.54, 1.807) is 7.11 Å². The lowest BCUT2D eigenvalue weighted by molar-refractivity contribution is 0.348. The van der Waals surface area contributed by atoms with Gasteiger partial charge in [-0.05, 0) is 65.6 Å². The predicted molar refractivity (Wildman–Crippen MR) is 78.6 cm³/mol. The molecule has 2 N–H and O–H groups in total. The summed E-state index contributed by atoms with van der Waals surface area (Å²) in [5.74, 6) is 2.35. The van der Waals surface area contributed by atoms with Crippen molar-refractivity contribution in [2.24, 2.45) is 11.3 Å². The van der Waals surface area contributed by atoms with Crippen LogP contribution in [-0.2, 0) is 6.54 Å². The molecule has 1 aromatic carbocycles. The van der Waals surface area contributed by atoms with Crippen LogP contribution >= 0.6 is 0 Å². The van der Waals surface area contributed by atoms with Gasteiger partial charge < -0.3 is 10.5 Å².